The van der Waals surface area contributed by atoms with Crippen LogP contribution in [0.15, 0.2) is 24.3 Å². The number of anilines is 1. The highest BCUT2D eigenvalue weighted by Gasteiger charge is 2.43. The molecule has 194 valence electrons. The van der Waals surface area contributed by atoms with Crippen LogP contribution in [0.3, 0.4) is 0 Å². The number of aromatic nitrogens is 1. The molecule has 0 aliphatic carbocycles. The number of nitrogens with one attached hydrogen (secondary N) is 1. The number of carboxylic acid groups (broad SMARTS) is 1. The van der Waals surface area contributed by atoms with Gasteiger partial charge in [0.15, 0.2) is 0 Å². The summed E-state index contributed by atoms with van der Waals surface area (Å²) in [7, 11) is 0. The number of aryl methyl sites for hydroxylation is 2. The molecular formula is C28H36FN3O4. The van der Waals surface area contributed by atoms with Crippen LogP contribution in [0.5, 0.6) is 5.75 Å². The summed E-state index contributed by atoms with van der Waals surface area (Å²) in [6.07, 6.45) is 6.33. The lowest BCUT2D eigenvalue weighted by molar-refractivity contribution is -0.151. The average molecular weight is 498 g/mol. The van der Waals surface area contributed by atoms with Crippen LogP contribution >= 0.6 is 0 Å². The van der Waals surface area contributed by atoms with Crippen molar-refractivity contribution in [1.82, 2.24) is 9.88 Å². The molecule has 1 aromatic carbocycles. The van der Waals surface area contributed by atoms with Gasteiger partial charge in [0.25, 0.3) is 0 Å². The van der Waals surface area contributed by atoms with E-state index in [4.69, 9.17) is 14.5 Å². The Hall–Kier alpha value is -2.71. The van der Waals surface area contributed by atoms with E-state index in [0.717, 1.165) is 55.7 Å². The van der Waals surface area contributed by atoms with Crippen LogP contribution in [0.4, 0.5) is 10.2 Å². The third kappa shape index (κ3) is 5.20. The van der Waals surface area contributed by atoms with Crippen LogP contribution in [0.25, 0.3) is 0 Å². The fourth-order valence-corrected chi connectivity index (χ4v) is 5.60. The van der Waals surface area contributed by atoms with Gasteiger partial charge in [-0.25, -0.2) is 9.37 Å². The zero-order chi connectivity index (χ0) is 25.3. The highest BCUT2D eigenvalue weighted by molar-refractivity contribution is 5.77. The van der Waals surface area contributed by atoms with E-state index in [1.165, 1.54) is 24.1 Å². The SMILES string of the molecule is CC1(C)COc2cc(F)cc(C(C(=O)O)N3CC(OCCCCCc4ccc5c(n4)NCCC5)C3)c21. The predicted molar refractivity (Wildman–Crippen MR) is 135 cm³/mol. The van der Waals surface area contributed by atoms with E-state index in [0.29, 0.717) is 37.6 Å². The fraction of sp³-hybridized carbons (Fsp3) is 0.571. The van der Waals surface area contributed by atoms with Gasteiger partial charge < -0.3 is 19.9 Å². The summed E-state index contributed by atoms with van der Waals surface area (Å²) in [6, 6.07) is 6.15. The predicted octanol–water partition coefficient (Wildman–Crippen LogP) is 4.49. The molecule has 3 aliphatic rings. The average Bonchev–Trinajstić information content (AvgIpc) is 3.12. The molecule has 8 heteroatoms. The Morgan fingerprint density at radius 2 is 2.14 bits per heavy atom. The quantitative estimate of drug-likeness (QED) is 0.468. The Morgan fingerprint density at radius 3 is 2.94 bits per heavy atom. The summed E-state index contributed by atoms with van der Waals surface area (Å²) in [6.45, 7) is 7.12. The first-order valence-electron chi connectivity index (χ1n) is 13.1. The van der Waals surface area contributed by atoms with Crippen molar-refractivity contribution in [3.63, 3.8) is 0 Å². The van der Waals surface area contributed by atoms with Gasteiger partial charge in [0.05, 0.1) is 12.7 Å². The zero-order valence-electron chi connectivity index (χ0n) is 21.2. The number of ether oxygens (including phenoxy) is 2. The van der Waals surface area contributed by atoms with Crippen molar-refractivity contribution in [2.24, 2.45) is 0 Å². The number of hydrogen-bond acceptors (Lipinski definition) is 6. The van der Waals surface area contributed by atoms with E-state index in [1.54, 1.807) is 0 Å². The van der Waals surface area contributed by atoms with Crippen molar-refractivity contribution in [2.75, 3.05) is 38.2 Å². The Bertz CT molecular complexity index is 1120. The summed E-state index contributed by atoms with van der Waals surface area (Å²) in [5, 5.41) is 13.4. The molecule has 0 bridgehead atoms. The van der Waals surface area contributed by atoms with Crippen molar-refractivity contribution in [2.45, 2.75) is 69.9 Å². The van der Waals surface area contributed by atoms with Crippen molar-refractivity contribution < 1.29 is 23.8 Å². The van der Waals surface area contributed by atoms with Crippen molar-refractivity contribution in [1.29, 1.82) is 0 Å². The molecule has 1 fully saturated rings. The highest BCUT2D eigenvalue weighted by atomic mass is 19.1. The normalized spacial score (nSPS) is 19.5. The third-order valence-corrected chi connectivity index (χ3v) is 7.52. The number of carboxylic acids is 1. The molecule has 0 radical (unpaired) electrons. The molecule has 1 aromatic heterocycles. The first kappa shape index (κ1) is 25.0. The van der Waals surface area contributed by atoms with E-state index >= 15 is 0 Å². The summed E-state index contributed by atoms with van der Waals surface area (Å²) < 4.78 is 26.0. The van der Waals surface area contributed by atoms with Gasteiger partial charge in [-0.2, -0.15) is 0 Å². The maximum atomic E-state index is 14.3. The summed E-state index contributed by atoms with van der Waals surface area (Å²) in [5.74, 6) is 0.0600. The number of unbranched alkanes of at least 4 members (excludes halogenated alkanes) is 2. The largest absolute Gasteiger partial charge is 0.492 e. The van der Waals surface area contributed by atoms with Crippen LogP contribution in [0.1, 0.15) is 68.0 Å². The molecule has 0 spiro atoms. The van der Waals surface area contributed by atoms with E-state index in [9.17, 15) is 14.3 Å². The molecule has 1 unspecified atom stereocenters. The van der Waals surface area contributed by atoms with Gasteiger partial charge in [-0.05, 0) is 55.4 Å². The van der Waals surface area contributed by atoms with E-state index in [1.807, 2.05) is 18.7 Å². The number of nitrogens with zero attached hydrogens (tertiary/aromatic N) is 2. The number of benzene rings is 1. The van der Waals surface area contributed by atoms with E-state index < -0.39 is 17.8 Å². The van der Waals surface area contributed by atoms with Crippen LogP contribution in [0, 0.1) is 5.82 Å². The van der Waals surface area contributed by atoms with Crippen molar-refractivity contribution in [3.8, 4) is 5.75 Å². The van der Waals surface area contributed by atoms with Gasteiger partial charge in [-0.1, -0.05) is 26.3 Å². The van der Waals surface area contributed by atoms with Gasteiger partial charge in [-0.15, -0.1) is 0 Å². The number of rotatable bonds is 10. The van der Waals surface area contributed by atoms with Crippen molar-refractivity contribution in [3.05, 3.63) is 52.5 Å². The van der Waals surface area contributed by atoms with Crippen molar-refractivity contribution >= 4 is 11.8 Å². The number of likely N-dealkylation sites (tertiary alicyclic amines) is 1. The second-order valence-electron chi connectivity index (χ2n) is 10.9. The lowest BCUT2D eigenvalue weighted by Gasteiger charge is -2.43. The molecule has 7 nitrogen and oxygen atoms in total. The second-order valence-corrected chi connectivity index (χ2v) is 10.9. The third-order valence-electron chi connectivity index (χ3n) is 7.52. The number of fused-ring (bicyclic) bond motifs is 2. The molecule has 0 amide bonds. The minimum atomic E-state index is -0.977. The number of halogens is 1. The monoisotopic (exact) mass is 497 g/mol. The first-order valence-corrected chi connectivity index (χ1v) is 13.1. The number of hydrogen-bond donors (Lipinski definition) is 2. The number of pyridine rings is 1. The summed E-state index contributed by atoms with van der Waals surface area (Å²) >= 11 is 0. The minimum absolute atomic E-state index is 0.00565. The molecule has 1 saturated heterocycles. The highest BCUT2D eigenvalue weighted by Crippen LogP contribution is 2.45. The summed E-state index contributed by atoms with van der Waals surface area (Å²) in [5.41, 5.74) is 3.37. The minimum Gasteiger partial charge on any atom is -0.492 e. The molecule has 36 heavy (non-hydrogen) atoms. The topological polar surface area (TPSA) is 83.9 Å². The van der Waals surface area contributed by atoms with Crippen LogP contribution in [0.2, 0.25) is 0 Å². The fourth-order valence-electron chi connectivity index (χ4n) is 5.60. The van der Waals surface area contributed by atoms with Crippen LogP contribution in [-0.2, 0) is 27.8 Å². The molecule has 2 N–H and O–H groups in total. The van der Waals surface area contributed by atoms with Gasteiger partial charge in [0, 0.05) is 49.0 Å². The second kappa shape index (κ2) is 10.3. The first-order chi connectivity index (χ1) is 17.3. The molecule has 5 rings (SSSR count). The Balaban J connectivity index is 1.07. The molecule has 4 heterocycles. The molecular weight excluding hydrogens is 461 g/mol. The van der Waals surface area contributed by atoms with E-state index in [-0.39, 0.29) is 11.5 Å². The van der Waals surface area contributed by atoms with Gasteiger partial charge in [0.2, 0.25) is 0 Å². The van der Waals surface area contributed by atoms with Crippen LogP contribution < -0.4 is 10.1 Å². The van der Waals surface area contributed by atoms with Gasteiger partial charge >= 0.3 is 5.97 Å². The number of aliphatic carboxylic acids is 1. The standard InChI is InChI=1S/C28H36FN3O4/c1-28(2)17-36-23-14-19(29)13-22(24(23)28)25(27(33)34)32-15-21(16-32)35-12-5-3-4-8-20-10-9-18-7-6-11-30-26(18)31-20/h9-10,13-14,21,25H,3-8,11-12,15-17H2,1-2H3,(H,30,31)(H,33,34). The lowest BCUT2D eigenvalue weighted by Crippen LogP contribution is -2.55. The van der Waals surface area contributed by atoms with Gasteiger partial charge in [0.1, 0.15) is 23.4 Å². The zero-order valence-corrected chi connectivity index (χ0v) is 21.2. The molecule has 3 aliphatic heterocycles. The maximum absolute atomic E-state index is 14.3. The molecule has 0 saturated carbocycles. The smallest absolute Gasteiger partial charge is 0.325 e. The molecule has 1 atom stereocenters. The van der Waals surface area contributed by atoms with Gasteiger partial charge in [-0.3, -0.25) is 9.69 Å². The maximum Gasteiger partial charge on any atom is 0.325 e. The van der Waals surface area contributed by atoms with Crippen LogP contribution in [-0.4, -0.2) is 59.9 Å². The Kier molecular flexibility index (Phi) is 7.17. The summed E-state index contributed by atoms with van der Waals surface area (Å²) in [4.78, 5) is 18.8. The molecule has 2 aromatic rings. The Morgan fingerprint density at radius 1 is 1.31 bits per heavy atom. The lowest BCUT2D eigenvalue weighted by atomic mass is 9.81. The van der Waals surface area contributed by atoms with E-state index in [2.05, 4.69) is 17.4 Å². The number of carbonyl (C=O) groups is 1. The Labute approximate surface area is 212 Å².